The summed E-state index contributed by atoms with van der Waals surface area (Å²) in [6, 6.07) is 4.04. The molecule has 0 bridgehead atoms. The van der Waals surface area contributed by atoms with Crippen LogP contribution in [0.25, 0.3) is 5.82 Å². The fourth-order valence-electron chi connectivity index (χ4n) is 2.06. The van der Waals surface area contributed by atoms with Gasteiger partial charge in [0, 0.05) is 38.7 Å². The Balaban J connectivity index is 0.00000264. The molecule has 0 atom stereocenters. The summed E-state index contributed by atoms with van der Waals surface area (Å²) in [5, 5.41) is 6.61. The van der Waals surface area contributed by atoms with Gasteiger partial charge in [-0.2, -0.15) is 0 Å². The van der Waals surface area contributed by atoms with Gasteiger partial charge in [0.05, 0.1) is 0 Å². The van der Waals surface area contributed by atoms with Crippen LogP contribution in [0.2, 0.25) is 0 Å². The van der Waals surface area contributed by atoms with Crippen LogP contribution in [0.4, 0.5) is 0 Å². The van der Waals surface area contributed by atoms with E-state index in [-0.39, 0.29) is 24.0 Å². The Morgan fingerprint density at radius 1 is 1.26 bits per heavy atom. The Morgan fingerprint density at radius 3 is 2.74 bits per heavy atom. The van der Waals surface area contributed by atoms with Crippen LogP contribution >= 0.6 is 24.0 Å². The van der Waals surface area contributed by atoms with Crippen LogP contribution in [0.3, 0.4) is 0 Å². The van der Waals surface area contributed by atoms with Crippen molar-refractivity contribution in [2.45, 2.75) is 32.7 Å². The Hall–Kier alpha value is -1.64. The number of hydrogen-bond acceptors (Lipinski definition) is 3. The van der Waals surface area contributed by atoms with Crippen molar-refractivity contribution in [3.8, 4) is 5.82 Å². The first-order valence-corrected chi connectivity index (χ1v) is 7.71. The number of rotatable bonds is 7. The van der Waals surface area contributed by atoms with Crippen LogP contribution in [-0.4, -0.2) is 34.1 Å². The molecule has 0 radical (unpaired) electrons. The Morgan fingerprint density at radius 2 is 2.13 bits per heavy atom. The summed E-state index contributed by atoms with van der Waals surface area (Å²) in [7, 11) is 1.79. The van der Waals surface area contributed by atoms with Gasteiger partial charge >= 0.3 is 0 Å². The quantitative estimate of drug-likeness (QED) is 0.308. The van der Waals surface area contributed by atoms with E-state index in [4.69, 9.17) is 0 Å². The van der Waals surface area contributed by atoms with Crippen molar-refractivity contribution in [3.05, 3.63) is 42.6 Å². The van der Waals surface area contributed by atoms with Gasteiger partial charge in [-0.1, -0.05) is 25.8 Å². The fraction of sp³-hybridized carbons (Fsp3) is 0.438. The van der Waals surface area contributed by atoms with Crippen molar-refractivity contribution in [3.63, 3.8) is 0 Å². The zero-order valence-electron chi connectivity index (χ0n) is 13.7. The molecular formula is C16H25IN6. The molecule has 7 heteroatoms. The van der Waals surface area contributed by atoms with Gasteiger partial charge in [-0.05, 0) is 18.1 Å². The highest BCUT2D eigenvalue weighted by atomic mass is 127. The third kappa shape index (κ3) is 6.55. The van der Waals surface area contributed by atoms with Crippen molar-refractivity contribution in [1.82, 2.24) is 25.2 Å². The van der Waals surface area contributed by atoms with Crippen LogP contribution < -0.4 is 10.6 Å². The standard InChI is InChI=1S/C16H24N6.HI/c1-3-4-5-8-19-16(17-2)21-12-14-6-7-15(20-11-14)22-10-9-18-13-22;/h6-7,9-11,13H,3-5,8,12H2,1-2H3,(H2,17,19,21);1H. The maximum absolute atomic E-state index is 4.43. The van der Waals surface area contributed by atoms with E-state index in [9.17, 15) is 0 Å². The Kier molecular flexibility index (Phi) is 9.27. The predicted molar refractivity (Wildman–Crippen MR) is 105 cm³/mol. The van der Waals surface area contributed by atoms with E-state index < -0.39 is 0 Å². The van der Waals surface area contributed by atoms with E-state index in [0.717, 1.165) is 23.9 Å². The van der Waals surface area contributed by atoms with Gasteiger partial charge < -0.3 is 10.6 Å². The first-order valence-electron chi connectivity index (χ1n) is 7.71. The molecule has 2 rings (SSSR count). The van der Waals surface area contributed by atoms with Gasteiger partial charge in [-0.15, -0.1) is 24.0 Å². The molecule has 0 aliphatic carbocycles. The molecule has 126 valence electrons. The Bertz CT molecular complexity index is 565. The smallest absolute Gasteiger partial charge is 0.191 e. The lowest BCUT2D eigenvalue weighted by Gasteiger charge is -2.11. The Labute approximate surface area is 154 Å². The SMILES string of the molecule is CCCCCNC(=NC)NCc1ccc(-n2ccnc2)nc1.I. The topological polar surface area (TPSA) is 67.1 Å². The third-order valence-electron chi connectivity index (χ3n) is 3.33. The number of aromatic nitrogens is 3. The summed E-state index contributed by atoms with van der Waals surface area (Å²) in [5.41, 5.74) is 1.11. The minimum Gasteiger partial charge on any atom is -0.356 e. The second-order valence-corrected chi connectivity index (χ2v) is 5.05. The maximum Gasteiger partial charge on any atom is 0.191 e. The van der Waals surface area contributed by atoms with E-state index >= 15 is 0 Å². The number of guanidine groups is 1. The number of halogens is 1. The number of aliphatic imine (C=N–C) groups is 1. The minimum absolute atomic E-state index is 0. The summed E-state index contributed by atoms with van der Waals surface area (Å²) in [4.78, 5) is 12.7. The lowest BCUT2D eigenvalue weighted by Crippen LogP contribution is -2.37. The summed E-state index contributed by atoms with van der Waals surface area (Å²) in [5.74, 6) is 1.69. The number of hydrogen-bond donors (Lipinski definition) is 2. The van der Waals surface area contributed by atoms with Gasteiger partial charge in [-0.25, -0.2) is 9.97 Å². The van der Waals surface area contributed by atoms with Crippen LogP contribution in [0.15, 0.2) is 42.0 Å². The summed E-state index contributed by atoms with van der Waals surface area (Å²) >= 11 is 0. The van der Waals surface area contributed by atoms with Gasteiger partial charge in [0.15, 0.2) is 5.96 Å². The van der Waals surface area contributed by atoms with Gasteiger partial charge in [-0.3, -0.25) is 9.56 Å². The molecule has 2 aromatic heterocycles. The van der Waals surface area contributed by atoms with Crippen molar-refractivity contribution in [2.24, 2.45) is 4.99 Å². The first-order chi connectivity index (χ1) is 10.8. The average Bonchev–Trinajstić information content (AvgIpc) is 3.09. The van der Waals surface area contributed by atoms with E-state index in [1.807, 2.05) is 23.0 Å². The molecule has 0 saturated heterocycles. The van der Waals surface area contributed by atoms with Crippen molar-refractivity contribution in [1.29, 1.82) is 0 Å². The van der Waals surface area contributed by atoms with Crippen molar-refractivity contribution in [2.75, 3.05) is 13.6 Å². The number of pyridine rings is 1. The third-order valence-corrected chi connectivity index (χ3v) is 3.33. The number of unbranched alkanes of at least 4 members (excludes halogenated alkanes) is 2. The predicted octanol–water partition coefficient (Wildman–Crippen LogP) is 2.74. The van der Waals surface area contributed by atoms with Crippen LogP contribution in [0, 0.1) is 0 Å². The van der Waals surface area contributed by atoms with E-state index in [0.29, 0.717) is 6.54 Å². The highest BCUT2D eigenvalue weighted by Crippen LogP contribution is 2.05. The summed E-state index contributed by atoms with van der Waals surface area (Å²) in [6.45, 7) is 3.85. The fourth-order valence-corrected chi connectivity index (χ4v) is 2.06. The van der Waals surface area contributed by atoms with Crippen LogP contribution in [0.1, 0.15) is 31.7 Å². The first kappa shape index (κ1) is 19.4. The zero-order valence-corrected chi connectivity index (χ0v) is 16.0. The number of nitrogens with one attached hydrogen (secondary N) is 2. The summed E-state index contributed by atoms with van der Waals surface area (Å²) < 4.78 is 1.88. The minimum atomic E-state index is 0. The summed E-state index contributed by atoms with van der Waals surface area (Å²) in [6.07, 6.45) is 10.9. The van der Waals surface area contributed by atoms with E-state index in [1.54, 1.807) is 19.6 Å². The highest BCUT2D eigenvalue weighted by Gasteiger charge is 2.00. The molecular weight excluding hydrogens is 403 g/mol. The molecule has 0 amide bonds. The molecule has 0 spiro atoms. The molecule has 0 aromatic carbocycles. The van der Waals surface area contributed by atoms with Gasteiger partial charge in [0.1, 0.15) is 12.1 Å². The molecule has 0 unspecified atom stereocenters. The lowest BCUT2D eigenvalue weighted by molar-refractivity contribution is 0.682. The maximum atomic E-state index is 4.43. The van der Waals surface area contributed by atoms with E-state index in [2.05, 4.69) is 38.6 Å². The second-order valence-electron chi connectivity index (χ2n) is 5.05. The van der Waals surface area contributed by atoms with Gasteiger partial charge in [0.2, 0.25) is 0 Å². The molecule has 2 N–H and O–H groups in total. The molecule has 0 fully saturated rings. The van der Waals surface area contributed by atoms with E-state index in [1.165, 1.54) is 19.3 Å². The number of nitrogens with zero attached hydrogens (tertiary/aromatic N) is 4. The van der Waals surface area contributed by atoms with Crippen LogP contribution in [0.5, 0.6) is 0 Å². The average molecular weight is 428 g/mol. The van der Waals surface area contributed by atoms with Crippen LogP contribution in [-0.2, 0) is 6.54 Å². The molecule has 2 heterocycles. The second kappa shape index (κ2) is 11.0. The monoisotopic (exact) mass is 428 g/mol. The van der Waals surface area contributed by atoms with Crippen molar-refractivity contribution < 1.29 is 0 Å². The molecule has 0 aliphatic heterocycles. The normalized spacial score (nSPS) is 11.0. The molecule has 23 heavy (non-hydrogen) atoms. The van der Waals surface area contributed by atoms with Gasteiger partial charge in [0.25, 0.3) is 0 Å². The molecule has 6 nitrogen and oxygen atoms in total. The molecule has 0 aliphatic rings. The number of imidazole rings is 1. The van der Waals surface area contributed by atoms with Crippen molar-refractivity contribution >= 4 is 29.9 Å². The highest BCUT2D eigenvalue weighted by molar-refractivity contribution is 14.0. The zero-order chi connectivity index (χ0) is 15.6. The molecule has 0 saturated carbocycles. The molecule has 2 aromatic rings. The lowest BCUT2D eigenvalue weighted by atomic mass is 10.2. The largest absolute Gasteiger partial charge is 0.356 e.